The monoisotopic (exact) mass is 268 g/mol. The van der Waals surface area contributed by atoms with Crippen molar-refractivity contribution in [3.8, 4) is 0 Å². The second kappa shape index (κ2) is 4.89. The zero-order chi connectivity index (χ0) is 14.2. The molecule has 0 spiro atoms. The molecule has 104 valence electrons. The van der Waals surface area contributed by atoms with Crippen LogP contribution in [-0.4, -0.2) is 15.6 Å². The molecule has 0 saturated heterocycles. The topological polar surface area (TPSA) is 34.9 Å². The van der Waals surface area contributed by atoms with E-state index in [2.05, 4.69) is 17.2 Å². The molecule has 3 rings (SSSR count). The van der Waals surface area contributed by atoms with E-state index < -0.39 is 0 Å². The van der Waals surface area contributed by atoms with E-state index in [1.807, 2.05) is 42.9 Å². The fourth-order valence-corrected chi connectivity index (χ4v) is 3.18. The van der Waals surface area contributed by atoms with Crippen molar-refractivity contribution in [1.29, 1.82) is 0 Å². The number of hydrogen-bond acceptors (Lipinski definition) is 2. The lowest BCUT2D eigenvalue weighted by molar-refractivity contribution is -0.127. The van der Waals surface area contributed by atoms with Crippen LogP contribution in [0.25, 0.3) is 0 Å². The van der Waals surface area contributed by atoms with Crippen LogP contribution < -0.4 is 0 Å². The fraction of sp³-hybridized carbons (Fsp3) is 0.412. The molecule has 0 aliphatic heterocycles. The molecule has 0 atom stereocenters. The number of carbonyl (C=O) groups excluding carboxylic acids is 1. The average molecular weight is 268 g/mol. The number of benzene rings is 1. The molecule has 0 amide bonds. The van der Waals surface area contributed by atoms with E-state index in [4.69, 9.17) is 0 Å². The molecular weight excluding hydrogens is 248 g/mol. The number of hydrogen-bond donors (Lipinski definition) is 0. The number of ketones is 1. The molecule has 3 heteroatoms. The molecule has 20 heavy (non-hydrogen) atoms. The Kier molecular flexibility index (Phi) is 3.20. The van der Waals surface area contributed by atoms with Crippen LogP contribution in [0.1, 0.15) is 36.2 Å². The summed E-state index contributed by atoms with van der Waals surface area (Å²) in [7, 11) is 1.91. The Hall–Kier alpha value is -1.90. The van der Waals surface area contributed by atoms with Crippen LogP contribution in [0.5, 0.6) is 0 Å². The third kappa shape index (κ3) is 2.07. The molecule has 1 heterocycles. The molecule has 0 radical (unpaired) electrons. The zero-order valence-electron chi connectivity index (χ0n) is 12.1. The number of carbonyl (C=O) groups is 1. The minimum atomic E-state index is -0.251. The van der Waals surface area contributed by atoms with E-state index >= 15 is 0 Å². The van der Waals surface area contributed by atoms with Crippen LogP contribution in [-0.2, 0) is 23.7 Å². The lowest BCUT2D eigenvalue weighted by atomic mass is 9.61. The first-order valence-electron chi connectivity index (χ1n) is 7.20. The number of aryl methyl sites for hydroxylation is 2. The SMILES string of the molecule is Cc1cc(CC(=O)C2(c3ccccc3)CCC2)n(C)n1. The Bertz CT molecular complexity index is 624. The van der Waals surface area contributed by atoms with Gasteiger partial charge in [-0.1, -0.05) is 36.8 Å². The molecule has 1 aromatic carbocycles. The molecular formula is C17H20N2O. The van der Waals surface area contributed by atoms with Gasteiger partial charge in [-0.15, -0.1) is 0 Å². The number of aromatic nitrogens is 2. The third-order valence-corrected chi connectivity index (χ3v) is 4.51. The van der Waals surface area contributed by atoms with Gasteiger partial charge in [0.15, 0.2) is 0 Å². The van der Waals surface area contributed by atoms with Gasteiger partial charge in [0.2, 0.25) is 0 Å². The van der Waals surface area contributed by atoms with E-state index in [-0.39, 0.29) is 5.41 Å². The maximum Gasteiger partial charge on any atom is 0.149 e. The first-order chi connectivity index (χ1) is 9.62. The van der Waals surface area contributed by atoms with Crippen molar-refractivity contribution in [2.45, 2.75) is 38.0 Å². The van der Waals surface area contributed by atoms with Crippen molar-refractivity contribution in [1.82, 2.24) is 9.78 Å². The zero-order valence-corrected chi connectivity index (χ0v) is 12.1. The lowest BCUT2D eigenvalue weighted by Gasteiger charge is -2.41. The Labute approximate surface area is 119 Å². The molecule has 0 unspecified atom stereocenters. The van der Waals surface area contributed by atoms with Crippen LogP contribution in [0.3, 0.4) is 0 Å². The summed E-state index contributed by atoms with van der Waals surface area (Å²) in [5, 5.41) is 4.33. The van der Waals surface area contributed by atoms with Gasteiger partial charge in [0.1, 0.15) is 5.78 Å². The van der Waals surface area contributed by atoms with E-state index in [1.54, 1.807) is 0 Å². The number of nitrogens with zero attached hydrogens (tertiary/aromatic N) is 2. The third-order valence-electron chi connectivity index (χ3n) is 4.51. The van der Waals surface area contributed by atoms with E-state index in [1.165, 1.54) is 5.56 Å². The average Bonchev–Trinajstić information content (AvgIpc) is 2.68. The summed E-state index contributed by atoms with van der Waals surface area (Å²) in [6.07, 6.45) is 3.58. The van der Waals surface area contributed by atoms with Gasteiger partial charge < -0.3 is 0 Å². The minimum absolute atomic E-state index is 0.251. The molecule has 1 aliphatic carbocycles. The molecule has 1 saturated carbocycles. The first-order valence-corrected chi connectivity index (χ1v) is 7.20. The molecule has 1 aromatic heterocycles. The van der Waals surface area contributed by atoms with Crippen molar-refractivity contribution in [3.05, 3.63) is 53.3 Å². The summed E-state index contributed by atoms with van der Waals surface area (Å²) in [5.41, 5.74) is 2.90. The van der Waals surface area contributed by atoms with Crippen molar-refractivity contribution >= 4 is 5.78 Å². The van der Waals surface area contributed by atoms with Gasteiger partial charge in [0.25, 0.3) is 0 Å². The minimum Gasteiger partial charge on any atom is -0.298 e. The van der Waals surface area contributed by atoms with Crippen LogP contribution in [0.15, 0.2) is 36.4 Å². The summed E-state index contributed by atoms with van der Waals surface area (Å²) in [4.78, 5) is 12.8. The maximum atomic E-state index is 12.8. The van der Waals surface area contributed by atoms with Gasteiger partial charge >= 0.3 is 0 Å². The van der Waals surface area contributed by atoms with Crippen molar-refractivity contribution in [2.24, 2.45) is 7.05 Å². The summed E-state index contributed by atoms with van der Waals surface area (Å²) in [5.74, 6) is 0.331. The highest BCUT2D eigenvalue weighted by molar-refractivity contribution is 5.92. The number of Topliss-reactive ketones (excluding diaryl/α,β-unsaturated/α-hetero) is 1. The Morgan fingerprint density at radius 2 is 2.00 bits per heavy atom. The van der Waals surface area contributed by atoms with Crippen LogP contribution in [0.4, 0.5) is 0 Å². The highest BCUT2D eigenvalue weighted by Gasteiger charge is 2.44. The Balaban J connectivity index is 1.87. The maximum absolute atomic E-state index is 12.8. The van der Waals surface area contributed by atoms with E-state index in [0.29, 0.717) is 12.2 Å². The van der Waals surface area contributed by atoms with Gasteiger partial charge in [0, 0.05) is 19.2 Å². The van der Waals surface area contributed by atoms with Crippen molar-refractivity contribution in [2.75, 3.05) is 0 Å². The largest absolute Gasteiger partial charge is 0.298 e. The van der Waals surface area contributed by atoms with E-state index in [0.717, 1.165) is 30.7 Å². The first kappa shape index (κ1) is 13.1. The fourth-order valence-electron chi connectivity index (χ4n) is 3.18. The van der Waals surface area contributed by atoms with Gasteiger partial charge in [-0.05, 0) is 31.4 Å². The quantitative estimate of drug-likeness (QED) is 0.854. The van der Waals surface area contributed by atoms with Crippen molar-refractivity contribution < 1.29 is 4.79 Å². The van der Waals surface area contributed by atoms with Crippen molar-refractivity contribution in [3.63, 3.8) is 0 Å². The lowest BCUT2D eigenvalue weighted by Crippen LogP contribution is -2.43. The Morgan fingerprint density at radius 1 is 1.30 bits per heavy atom. The van der Waals surface area contributed by atoms with Gasteiger partial charge in [-0.2, -0.15) is 5.10 Å². The summed E-state index contributed by atoms with van der Waals surface area (Å²) in [6.45, 7) is 1.96. The molecule has 1 aliphatic rings. The van der Waals surface area contributed by atoms with Gasteiger partial charge in [0.05, 0.1) is 11.1 Å². The normalized spacial score (nSPS) is 16.7. The molecule has 3 nitrogen and oxygen atoms in total. The van der Waals surface area contributed by atoms with Gasteiger partial charge in [-0.25, -0.2) is 0 Å². The second-order valence-electron chi connectivity index (χ2n) is 5.80. The summed E-state index contributed by atoms with van der Waals surface area (Å²) >= 11 is 0. The number of rotatable bonds is 4. The smallest absolute Gasteiger partial charge is 0.149 e. The van der Waals surface area contributed by atoms with Crippen LogP contribution >= 0.6 is 0 Å². The van der Waals surface area contributed by atoms with Crippen LogP contribution in [0, 0.1) is 6.92 Å². The summed E-state index contributed by atoms with van der Waals surface area (Å²) < 4.78 is 1.82. The summed E-state index contributed by atoms with van der Waals surface area (Å²) in [6, 6.07) is 12.2. The molecule has 2 aromatic rings. The Morgan fingerprint density at radius 3 is 2.50 bits per heavy atom. The standard InChI is InChI=1S/C17H20N2O/c1-13-11-15(19(2)18-13)12-16(20)17(9-6-10-17)14-7-4-3-5-8-14/h3-5,7-8,11H,6,9-10,12H2,1-2H3. The highest BCUT2D eigenvalue weighted by atomic mass is 16.1. The highest BCUT2D eigenvalue weighted by Crippen LogP contribution is 2.45. The predicted octanol–water partition coefficient (Wildman–Crippen LogP) is 2.96. The molecule has 0 bridgehead atoms. The molecule has 0 N–H and O–H groups in total. The second-order valence-corrected chi connectivity index (χ2v) is 5.80. The van der Waals surface area contributed by atoms with Gasteiger partial charge in [-0.3, -0.25) is 9.48 Å². The molecule has 1 fully saturated rings. The van der Waals surface area contributed by atoms with E-state index in [9.17, 15) is 4.79 Å². The van der Waals surface area contributed by atoms with Crippen LogP contribution in [0.2, 0.25) is 0 Å². The predicted molar refractivity (Wildman–Crippen MR) is 78.6 cm³/mol.